The Bertz CT molecular complexity index is 465. The summed E-state index contributed by atoms with van der Waals surface area (Å²) < 4.78 is 39.3. The second kappa shape index (κ2) is 3.75. The summed E-state index contributed by atoms with van der Waals surface area (Å²) in [4.78, 5) is 0. The van der Waals surface area contributed by atoms with Crippen molar-refractivity contribution in [3.8, 4) is 0 Å². The minimum atomic E-state index is -4.22. The van der Waals surface area contributed by atoms with Gasteiger partial charge >= 0.3 is 6.18 Å². The molecule has 0 heterocycles. The van der Waals surface area contributed by atoms with Crippen molar-refractivity contribution in [1.82, 2.24) is 0 Å². The molecule has 0 N–H and O–H groups in total. The average molecular weight is 256 g/mol. The van der Waals surface area contributed by atoms with Crippen LogP contribution in [0.3, 0.4) is 0 Å². The van der Waals surface area contributed by atoms with Crippen LogP contribution in [0, 0.1) is 6.92 Å². The van der Waals surface area contributed by atoms with E-state index in [1.165, 1.54) is 13.8 Å². The molecule has 0 spiro atoms. The Morgan fingerprint density at radius 2 is 1.61 bits per heavy atom. The SMILES string of the molecule is Cc1cc(C2(C)CC2)cc(C(C)(C)C(F)(F)F)c1. The third-order valence-electron chi connectivity index (χ3n) is 4.20. The summed E-state index contributed by atoms with van der Waals surface area (Å²) in [6, 6.07) is 5.42. The Labute approximate surface area is 106 Å². The Morgan fingerprint density at radius 1 is 1.06 bits per heavy atom. The highest BCUT2D eigenvalue weighted by Gasteiger charge is 2.49. The van der Waals surface area contributed by atoms with E-state index in [1.54, 1.807) is 12.1 Å². The first-order chi connectivity index (χ1) is 8.06. The zero-order chi connectivity index (χ0) is 13.8. The van der Waals surface area contributed by atoms with Gasteiger partial charge in [-0.25, -0.2) is 0 Å². The largest absolute Gasteiger partial charge is 0.397 e. The van der Waals surface area contributed by atoms with Gasteiger partial charge in [-0.3, -0.25) is 0 Å². The van der Waals surface area contributed by atoms with Gasteiger partial charge in [0, 0.05) is 0 Å². The summed E-state index contributed by atoms with van der Waals surface area (Å²) in [5, 5.41) is 0. The number of hydrogen-bond acceptors (Lipinski definition) is 0. The minimum absolute atomic E-state index is 0.0997. The molecule has 1 aliphatic carbocycles. The lowest BCUT2D eigenvalue weighted by molar-refractivity contribution is -0.180. The normalized spacial score (nSPS) is 18.8. The van der Waals surface area contributed by atoms with Crippen molar-refractivity contribution in [2.45, 2.75) is 57.5 Å². The number of hydrogen-bond donors (Lipinski definition) is 0. The summed E-state index contributed by atoms with van der Waals surface area (Å²) in [5.74, 6) is 0. The molecule has 3 heteroatoms. The van der Waals surface area contributed by atoms with Crippen LogP contribution in [0.5, 0.6) is 0 Å². The lowest BCUT2D eigenvalue weighted by atomic mass is 9.80. The van der Waals surface area contributed by atoms with Gasteiger partial charge in [0.15, 0.2) is 0 Å². The van der Waals surface area contributed by atoms with Gasteiger partial charge in [-0.2, -0.15) is 13.2 Å². The Hall–Kier alpha value is -0.990. The maximum atomic E-state index is 13.1. The average Bonchev–Trinajstić information content (AvgIpc) is 2.95. The summed E-state index contributed by atoms with van der Waals surface area (Å²) in [6.45, 7) is 6.49. The zero-order valence-corrected chi connectivity index (χ0v) is 11.3. The predicted molar refractivity (Wildman–Crippen MR) is 66.8 cm³/mol. The first-order valence-electron chi connectivity index (χ1n) is 6.26. The van der Waals surface area contributed by atoms with Crippen molar-refractivity contribution >= 4 is 0 Å². The fraction of sp³-hybridized carbons (Fsp3) is 0.600. The third kappa shape index (κ3) is 2.15. The minimum Gasteiger partial charge on any atom is -0.170 e. The van der Waals surface area contributed by atoms with E-state index in [0.29, 0.717) is 5.56 Å². The highest BCUT2D eigenvalue weighted by Crippen LogP contribution is 2.49. The number of benzene rings is 1. The molecular weight excluding hydrogens is 237 g/mol. The Kier molecular flexibility index (Phi) is 2.80. The smallest absolute Gasteiger partial charge is 0.170 e. The molecule has 0 aliphatic heterocycles. The topological polar surface area (TPSA) is 0 Å². The van der Waals surface area contributed by atoms with Crippen LogP contribution >= 0.6 is 0 Å². The van der Waals surface area contributed by atoms with E-state index in [-0.39, 0.29) is 5.41 Å². The monoisotopic (exact) mass is 256 g/mol. The summed E-state index contributed by atoms with van der Waals surface area (Å²) >= 11 is 0. The van der Waals surface area contributed by atoms with Gasteiger partial charge in [0.05, 0.1) is 5.41 Å². The molecule has 1 fully saturated rings. The first-order valence-corrected chi connectivity index (χ1v) is 6.26. The van der Waals surface area contributed by atoms with E-state index in [4.69, 9.17) is 0 Å². The van der Waals surface area contributed by atoms with Gasteiger partial charge in [0.25, 0.3) is 0 Å². The zero-order valence-electron chi connectivity index (χ0n) is 11.3. The van der Waals surface area contributed by atoms with Crippen molar-refractivity contribution < 1.29 is 13.2 Å². The highest BCUT2D eigenvalue weighted by atomic mass is 19.4. The summed E-state index contributed by atoms with van der Waals surface area (Å²) in [5.41, 5.74) is 0.641. The van der Waals surface area contributed by atoms with Gasteiger partial charge in [-0.15, -0.1) is 0 Å². The quantitative estimate of drug-likeness (QED) is 0.707. The van der Waals surface area contributed by atoms with E-state index in [1.807, 2.05) is 13.0 Å². The lowest BCUT2D eigenvalue weighted by Crippen LogP contribution is -2.36. The molecule has 0 nitrogen and oxygen atoms in total. The van der Waals surface area contributed by atoms with Crippen LogP contribution < -0.4 is 0 Å². The first kappa shape index (κ1) is 13.4. The molecule has 0 atom stereocenters. The highest BCUT2D eigenvalue weighted by molar-refractivity contribution is 5.40. The van der Waals surface area contributed by atoms with Crippen molar-refractivity contribution in [2.24, 2.45) is 0 Å². The molecule has 1 aromatic rings. The number of alkyl halides is 3. The van der Waals surface area contributed by atoms with Crippen molar-refractivity contribution in [2.75, 3.05) is 0 Å². The van der Waals surface area contributed by atoms with Crippen LogP contribution in [0.1, 0.15) is 50.3 Å². The van der Waals surface area contributed by atoms with Crippen LogP contribution in [0.25, 0.3) is 0 Å². The summed E-state index contributed by atoms with van der Waals surface area (Å²) in [7, 11) is 0. The van der Waals surface area contributed by atoms with Crippen LogP contribution in [-0.4, -0.2) is 6.18 Å². The molecular formula is C15H19F3. The van der Waals surface area contributed by atoms with Gasteiger partial charge < -0.3 is 0 Å². The van der Waals surface area contributed by atoms with Crippen molar-refractivity contribution in [3.05, 3.63) is 34.9 Å². The van der Waals surface area contributed by atoms with E-state index in [9.17, 15) is 13.2 Å². The van der Waals surface area contributed by atoms with E-state index < -0.39 is 11.6 Å². The molecule has 1 aromatic carbocycles. The fourth-order valence-electron chi connectivity index (χ4n) is 2.13. The van der Waals surface area contributed by atoms with Gasteiger partial charge in [0.1, 0.15) is 0 Å². The second-order valence-electron chi connectivity index (χ2n) is 6.27. The Morgan fingerprint density at radius 3 is 2.06 bits per heavy atom. The standard InChI is InChI=1S/C15H19F3/c1-10-7-11(13(2,3)15(16,17)18)9-12(8-10)14(4)5-6-14/h7-9H,5-6H2,1-4H3. The molecule has 1 saturated carbocycles. The molecule has 2 rings (SSSR count). The van der Waals surface area contributed by atoms with Crippen LogP contribution in [0.4, 0.5) is 13.2 Å². The molecule has 0 aromatic heterocycles. The van der Waals surface area contributed by atoms with Crippen molar-refractivity contribution in [1.29, 1.82) is 0 Å². The van der Waals surface area contributed by atoms with Gasteiger partial charge in [0.2, 0.25) is 0 Å². The fourth-order valence-corrected chi connectivity index (χ4v) is 2.13. The van der Waals surface area contributed by atoms with E-state index in [2.05, 4.69) is 6.92 Å². The molecule has 0 amide bonds. The Balaban J connectivity index is 2.49. The van der Waals surface area contributed by atoms with E-state index in [0.717, 1.165) is 24.0 Å². The maximum absolute atomic E-state index is 13.1. The van der Waals surface area contributed by atoms with Crippen LogP contribution in [-0.2, 0) is 10.8 Å². The summed E-state index contributed by atoms with van der Waals surface area (Å²) in [6.07, 6.45) is -2.08. The third-order valence-corrected chi connectivity index (χ3v) is 4.20. The number of rotatable bonds is 2. The number of halogens is 3. The molecule has 0 radical (unpaired) electrons. The second-order valence-corrected chi connectivity index (χ2v) is 6.27. The van der Waals surface area contributed by atoms with Gasteiger partial charge in [-0.1, -0.05) is 30.7 Å². The van der Waals surface area contributed by atoms with Crippen molar-refractivity contribution in [3.63, 3.8) is 0 Å². The molecule has 0 bridgehead atoms. The van der Waals surface area contributed by atoms with Crippen LogP contribution in [0.2, 0.25) is 0 Å². The number of aryl methyl sites for hydroxylation is 1. The van der Waals surface area contributed by atoms with Gasteiger partial charge in [-0.05, 0) is 50.2 Å². The van der Waals surface area contributed by atoms with E-state index >= 15 is 0 Å². The molecule has 100 valence electrons. The molecule has 18 heavy (non-hydrogen) atoms. The predicted octanol–water partition coefficient (Wildman–Crippen LogP) is 4.89. The molecule has 0 saturated heterocycles. The molecule has 1 aliphatic rings. The van der Waals surface area contributed by atoms with Crippen LogP contribution in [0.15, 0.2) is 18.2 Å². The molecule has 0 unspecified atom stereocenters. The lowest BCUT2D eigenvalue weighted by Gasteiger charge is -2.29. The maximum Gasteiger partial charge on any atom is 0.397 e.